The molecule has 1 amide bonds. The molecule has 0 spiro atoms. The first-order valence-corrected chi connectivity index (χ1v) is 7.80. The number of aromatic amines is 1. The molecule has 1 aromatic carbocycles. The molecule has 0 aliphatic carbocycles. The topological polar surface area (TPSA) is 61.0 Å². The molecule has 1 fully saturated rings. The van der Waals surface area contributed by atoms with E-state index in [0.29, 0.717) is 18.2 Å². The Balaban J connectivity index is 1.56. The molecule has 0 saturated carbocycles. The molecule has 6 heteroatoms. The summed E-state index contributed by atoms with van der Waals surface area (Å²) >= 11 is 6.10. The zero-order valence-corrected chi connectivity index (χ0v) is 13.2. The third-order valence-electron chi connectivity index (χ3n) is 4.09. The summed E-state index contributed by atoms with van der Waals surface area (Å²) in [5.41, 5.74) is 2.92. The number of carbonyl (C=O) groups excluding carboxylic acids is 1. The molecular formula is C16H19ClN4O. The number of aromatic nitrogens is 2. The quantitative estimate of drug-likeness (QED) is 0.911. The van der Waals surface area contributed by atoms with E-state index in [4.69, 9.17) is 11.6 Å². The van der Waals surface area contributed by atoms with E-state index < -0.39 is 0 Å². The Hall–Kier alpha value is -2.01. The summed E-state index contributed by atoms with van der Waals surface area (Å²) in [5.74, 6) is 0.347. The third-order valence-corrected chi connectivity index (χ3v) is 4.33. The van der Waals surface area contributed by atoms with Crippen molar-refractivity contribution in [2.75, 3.05) is 24.5 Å². The summed E-state index contributed by atoms with van der Waals surface area (Å²) < 4.78 is 0. The number of H-pyrrole nitrogens is 1. The van der Waals surface area contributed by atoms with Gasteiger partial charge in [-0.3, -0.25) is 9.89 Å². The van der Waals surface area contributed by atoms with Crippen molar-refractivity contribution in [3.8, 4) is 0 Å². The monoisotopic (exact) mass is 318 g/mol. The van der Waals surface area contributed by atoms with Gasteiger partial charge in [-0.25, -0.2) is 0 Å². The van der Waals surface area contributed by atoms with Gasteiger partial charge >= 0.3 is 0 Å². The van der Waals surface area contributed by atoms with Gasteiger partial charge in [-0.05, 0) is 43.0 Å². The van der Waals surface area contributed by atoms with E-state index in [1.165, 1.54) is 11.3 Å². The van der Waals surface area contributed by atoms with Crippen LogP contribution in [0.25, 0.3) is 0 Å². The van der Waals surface area contributed by atoms with E-state index in [0.717, 1.165) is 24.5 Å². The van der Waals surface area contributed by atoms with Crippen molar-refractivity contribution in [3.63, 3.8) is 0 Å². The fraction of sp³-hybridized carbons (Fsp3) is 0.375. The van der Waals surface area contributed by atoms with Crippen LogP contribution in [-0.2, 0) is 0 Å². The molecule has 1 aliphatic heterocycles. The Kier molecular flexibility index (Phi) is 4.34. The van der Waals surface area contributed by atoms with Crippen molar-refractivity contribution in [2.24, 2.45) is 5.92 Å². The van der Waals surface area contributed by atoms with Crippen LogP contribution in [0.5, 0.6) is 0 Å². The lowest BCUT2D eigenvalue weighted by atomic mass is 10.1. The number of halogens is 1. The Morgan fingerprint density at radius 2 is 2.36 bits per heavy atom. The highest BCUT2D eigenvalue weighted by Gasteiger charge is 2.24. The highest BCUT2D eigenvalue weighted by molar-refractivity contribution is 6.30. The van der Waals surface area contributed by atoms with E-state index in [9.17, 15) is 4.79 Å². The molecule has 1 saturated heterocycles. The fourth-order valence-electron chi connectivity index (χ4n) is 2.86. The molecule has 2 N–H and O–H groups in total. The standard InChI is InChI=1S/C16H19ClN4O/c1-11-2-3-13(17)8-15(11)21-7-5-12(10-21)9-18-16(22)14-4-6-19-20-14/h2-4,6,8,12H,5,7,9-10H2,1H3,(H,18,22)(H,19,20)/t12-/m0/s1. The van der Waals surface area contributed by atoms with Crippen molar-refractivity contribution in [1.82, 2.24) is 15.5 Å². The van der Waals surface area contributed by atoms with Crippen LogP contribution >= 0.6 is 11.6 Å². The predicted octanol–water partition coefficient (Wildman–Crippen LogP) is 2.63. The molecule has 1 atom stereocenters. The first-order chi connectivity index (χ1) is 10.6. The van der Waals surface area contributed by atoms with Crippen LogP contribution in [0.3, 0.4) is 0 Å². The molecule has 2 heterocycles. The minimum Gasteiger partial charge on any atom is -0.371 e. The van der Waals surface area contributed by atoms with Gasteiger partial charge in [0.2, 0.25) is 0 Å². The first kappa shape index (κ1) is 14.9. The maximum absolute atomic E-state index is 11.9. The molecule has 0 unspecified atom stereocenters. The number of amides is 1. The highest BCUT2D eigenvalue weighted by atomic mass is 35.5. The maximum atomic E-state index is 11.9. The van der Waals surface area contributed by atoms with Gasteiger partial charge in [0.05, 0.1) is 0 Å². The average molecular weight is 319 g/mol. The van der Waals surface area contributed by atoms with E-state index >= 15 is 0 Å². The van der Waals surface area contributed by atoms with Crippen molar-refractivity contribution in [3.05, 3.63) is 46.7 Å². The molecular weight excluding hydrogens is 300 g/mol. The average Bonchev–Trinajstić information content (AvgIpc) is 3.18. The number of hydrogen-bond donors (Lipinski definition) is 2. The van der Waals surface area contributed by atoms with Gasteiger partial charge < -0.3 is 10.2 Å². The molecule has 0 bridgehead atoms. The number of anilines is 1. The Morgan fingerprint density at radius 1 is 1.50 bits per heavy atom. The summed E-state index contributed by atoms with van der Waals surface area (Å²) in [6.07, 6.45) is 2.64. The van der Waals surface area contributed by atoms with Gasteiger partial charge in [-0.1, -0.05) is 17.7 Å². The van der Waals surface area contributed by atoms with Crippen LogP contribution in [0, 0.1) is 12.8 Å². The summed E-state index contributed by atoms with van der Waals surface area (Å²) in [6.45, 7) is 4.70. The molecule has 5 nitrogen and oxygen atoms in total. The lowest BCUT2D eigenvalue weighted by Crippen LogP contribution is -2.31. The number of nitrogens with zero attached hydrogens (tertiary/aromatic N) is 2. The van der Waals surface area contributed by atoms with Gasteiger partial charge in [-0.15, -0.1) is 0 Å². The number of hydrogen-bond acceptors (Lipinski definition) is 3. The second-order valence-corrected chi connectivity index (χ2v) is 6.15. The minimum absolute atomic E-state index is 0.102. The number of aryl methyl sites for hydroxylation is 1. The van der Waals surface area contributed by atoms with Gasteiger partial charge in [0.15, 0.2) is 0 Å². The SMILES string of the molecule is Cc1ccc(Cl)cc1N1CC[C@@H](CNC(=O)c2ccn[nH]2)C1. The van der Waals surface area contributed by atoms with E-state index in [2.05, 4.69) is 27.3 Å². The Labute approximate surface area is 134 Å². The van der Waals surface area contributed by atoms with Crippen LogP contribution in [0.4, 0.5) is 5.69 Å². The summed E-state index contributed by atoms with van der Waals surface area (Å²) in [7, 11) is 0. The van der Waals surface area contributed by atoms with Crippen LogP contribution in [0.1, 0.15) is 22.5 Å². The van der Waals surface area contributed by atoms with Crippen LogP contribution < -0.4 is 10.2 Å². The summed E-state index contributed by atoms with van der Waals surface area (Å²) in [6, 6.07) is 7.65. The maximum Gasteiger partial charge on any atom is 0.269 e. The number of rotatable bonds is 4. The fourth-order valence-corrected chi connectivity index (χ4v) is 3.02. The van der Waals surface area contributed by atoms with Crippen molar-refractivity contribution in [2.45, 2.75) is 13.3 Å². The third kappa shape index (κ3) is 3.25. The van der Waals surface area contributed by atoms with E-state index in [-0.39, 0.29) is 5.91 Å². The summed E-state index contributed by atoms with van der Waals surface area (Å²) in [5, 5.41) is 10.2. The van der Waals surface area contributed by atoms with Gasteiger partial charge in [0.25, 0.3) is 5.91 Å². The van der Waals surface area contributed by atoms with Crippen molar-refractivity contribution >= 4 is 23.2 Å². The number of carbonyl (C=O) groups is 1. The van der Waals surface area contributed by atoms with Crippen LogP contribution in [0.2, 0.25) is 5.02 Å². The first-order valence-electron chi connectivity index (χ1n) is 7.42. The predicted molar refractivity (Wildman–Crippen MR) is 87.4 cm³/mol. The lowest BCUT2D eigenvalue weighted by molar-refractivity contribution is 0.0943. The molecule has 22 heavy (non-hydrogen) atoms. The minimum atomic E-state index is -0.102. The molecule has 1 aliphatic rings. The molecule has 1 aromatic heterocycles. The Morgan fingerprint density at radius 3 is 3.14 bits per heavy atom. The van der Waals surface area contributed by atoms with Crippen LogP contribution in [0.15, 0.2) is 30.5 Å². The number of nitrogens with one attached hydrogen (secondary N) is 2. The van der Waals surface area contributed by atoms with E-state index in [1.54, 1.807) is 12.3 Å². The van der Waals surface area contributed by atoms with Crippen molar-refractivity contribution < 1.29 is 4.79 Å². The van der Waals surface area contributed by atoms with Crippen LogP contribution in [-0.4, -0.2) is 35.7 Å². The molecule has 3 rings (SSSR count). The van der Waals surface area contributed by atoms with Crippen molar-refractivity contribution in [1.29, 1.82) is 0 Å². The van der Waals surface area contributed by atoms with E-state index in [1.807, 2.05) is 18.2 Å². The molecule has 116 valence electrons. The molecule has 2 aromatic rings. The zero-order valence-electron chi connectivity index (χ0n) is 12.5. The molecule has 0 radical (unpaired) electrons. The normalized spacial score (nSPS) is 17.7. The summed E-state index contributed by atoms with van der Waals surface area (Å²) in [4.78, 5) is 14.2. The lowest BCUT2D eigenvalue weighted by Gasteiger charge is -2.21. The number of benzene rings is 1. The second kappa shape index (κ2) is 6.40. The largest absolute Gasteiger partial charge is 0.371 e. The Bertz CT molecular complexity index is 656. The second-order valence-electron chi connectivity index (χ2n) is 5.71. The van der Waals surface area contributed by atoms with Gasteiger partial charge in [0.1, 0.15) is 5.69 Å². The smallest absolute Gasteiger partial charge is 0.269 e. The highest BCUT2D eigenvalue weighted by Crippen LogP contribution is 2.29. The zero-order chi connectivity index (χ0) is 15.5. The van der Waals surface area contributed by atoms with Gasteiger partial charge in [-0.2, -0.15) is 5.10 Å². The van der Waals surface area contributed by atoms with Gasteiger partial charge in [0, 0.05) is 36.5 Å².